The van der Waals surface area contributed by atoms with Gasteiger partial charge in [-0.05, 0) is 61.5 Å². The van der Waals surface area contributed by atoms with E-state index in [2.05, 4.69) is 0 Å². The van der Waals surface area contributed by atoms with Crippen LogP contribution in [0, 0.1) is 0 Å². The van der Waals surface area contributed by atoms with Crippen LogP contribution in [0.1, 0.15) is 55.4 Å². The summed E-state index contributed by atoms with van der Waals surface area (Å²) in [5.74, 6) is -2.56. The Hall–Kier alpha value is -1.56. The summed E-state index contributed by atoms with van der Waals surface area (Å²) in [6.07, 6.45) is -0.579. The molecule has 0 aromatic rings. The van der Waals surface area contributed by atoms with Crippen LogP contribution in [0.15, 0.2) is 11.6 Å². The molecule has 0 aliphatic carbocycles. The number of rotatable bonds is 7. The Labute approximate surface area is 189 Å². The summed E-state index contributed by atoms with van der Waals surface area (Å²) in [5.41, 5.74) is -1.45. The van der Waals surface area contributed by atoms with Crippen LogP contribution in [0.5, 0.6) is 0 Å². The highest BCUT2D eigenvalue weighted by Gasteiger charge is 2.49. The summed E-state index contributed by atoms with van der Waals surface area (Å²) >= 11 is 0. The van der Waals surface area contributed by atoms with E-state index in [0.717, 1.165) is 0 Å². The second kappa shape index (κ2) is 11.5. The monoisotopic (exact) mass is 462 g/mol. The van der Waals surface area contributed by atoms with Crippen LogP contribution >= 0.6 is 0 Å². The zero-order valence-corrected chi connectivity index (χ0v) is 20.3. The molecule has 2 unspecified atom stereocenters. The fourth-order valence-corrected chi connectivity index (χ4v) is 3.02. The van der Waals surface area contributed by atoms with E-state index in [1.54, 1.807) is 40.7 Å². The lowest BCUT2D eigenvalue weighted by Crippen LogP contribution is -2.54. The predicted molar refractivity (Wildman–Crippen MR) is 113 cm³/mol. The first-order chi connectivity index (χ1) is 14.6. The molecule has 4 atom stereocenters. The lowest BCUT2D eigenvalue weighted by molar-refractivity contribution is -0.195. The molecule has 10 heteroatoms. The quantitative estimate of drug-likeness (QED) is 0.423. The van der Waals surface area contributed by atoms with Crippen molar-refractivity contribution < 1.29 is 48.2 Å². The molecule has 2 aliphatic heterocycles. The third kappa shape index (κ3) is 8.42. The second-order valence-electron chi connectivity index (χ2n) is 8.62. The summed E-state index contributed by atoms with van der Waals surface area (Å²) < 4.78 is 31.1. The van der Waals surface area contributed by atoms with Crippen molar-refractivity contribution in [1.82, 2.24) is 0 Å². The molecule has 2 heterocycles. The van der Waals surface area contributed by atoms with Gasteiger partial charge < -0.3 is 38.6 Å². The highest BCUT2D eigenvalue weighted by atomic mass is 16.8. The number of aliphatic hydroxyl groups excluding tert-OH is 1. The zero-order valence-electron chi connectivity index (χ0n) is 20.3. The van der Waals surface area contributed by atoms with Crippen molar-refractivity contribution in [2.75, 3.05) is 26.4 Å². The number of carbonyl (C=O) groups excluding carboxylic acids is 2. The van der Waals surface area contributed by atoms with E-state index in [0.29, 0.717) is 18.8 Å². The van der Waals surface area contributed by atoms with Gasteiger partial charge in [0.05, 0.1) is 26.4 Å². The van der Waals surface area contributed by atoms with E-state index < -0.39 is 35.4 Å². The molecule has 2 N–H and O–H groups in total. The third-order valence-corrected chi connectivity index (χ3v) is 4.71. The first-order valence-corrected chi connectivity index (χ1v) is 10.7. The van der Waals surface area contributed by atoms with Gasteiger partial charge in [-0.25, -0.2) is 9.59 Å². The largest absolute Gasteiger partial charge is 0.464 e. The van der Waals surface area contributed by atoms with Crippen LogP contribution in [0.3, 0.4) is 0 Å². The Balaban J connectivity index is 0.000000323. The molecule has 0 aromatic carbocycles. The van der Waals surface area contributed by atoms with Gasteiger partial charge in [-0.1, -0.05) is 0 Å². The summed E-state index contributed by atoms with van der Waals surface area (Å²) in [7, 11) is 0. The van der Waals surface area contributed by atoms with Crippen molar-refractivity contribution in [2.45, 2.75) is 90.9 Å². The minimum atomic E-state index is -2.01. The summed E-state index contributed by atoms with van der Waals surface area (Å²) in [4.78, 5) is 22.8. The Morgan fingerprint density at radius 3 is 2.03 bits per heavy atom. The maximum Gasteiger partial charge on any atom is 0.340 e. The maximum absolute atomic E-state index is 11.5. The molecular formula is C22H38O10. The SMILES string of the molecule is CCOC(=O)/C(C)=C/C1COC(C)(C)O1.CCOC(=O)[C@@](C)(O)[C@H](O)C1COC(C)(C)O1. The van der Waals surface area contributed by atoms with Crippen molar-refractivity contribution in [3.05, 3.63) is 11.6 Å². The van der Waals surface area contributed by atoms with Crippen molar-refractivity contribution in [3.63, 3.8) is 0 Å². The van der Waals surface area contributed by atoms with Gasteiger partial charge in [0, 0.05) is 5.57 Å². The van der Waals surface area contributed by atoms with Gasteiger partial charge in [0.2, 0.25) is 0 Å². The van der Waals surface area contributed by atoms with Gasteiger partial charge in [-0.2, -0.15) is 0 Å². The number of carbonyl (C=O) groups is 2. The van der Waals surface area contributed by atoms with Gasteiger partial charge in [-0.15, -0.1) is 0 Å². The van der Waals surface area contributed by atoms with Crippen LogP contribution in [0.4, 0.5) is 0 Å². The van der Waals surface area contributed by atoms with Crippen molar-refractivity contribution in [3.8, 4) is 0 Å². The van der Waals surface area contributed by atoms with Gasteiger partial charge in [0.25, 0.3) is 0 Å². The highest BCUT2D eigenvalue weighted by Crippen LogP contribution is 2.28. The average molecular weight is 463 g/mol. The molecule has 0 saturated carbocycles. The van der Waals surface area contributed by atoms with Crippen LogP contribution < -0.4 is 0 Å². The zero-order chi connectivity index (χ0) is 24.7. The fraction of sp³-hybridized carbons (Fsp3) is 0.818. The minimum absolute atomic E-state index is 0.115. The Bertz CT molecular complexity index is 668. The summed E-state index contributed by atoms with van der Waals surface area (Å²) in [5, 5.41) is 19.9. The van der Waals surface area contributed by atoms with E-state index in [1.165, 1.54) is 6.92 Å². The minimum Gasteiger partial charge on any atom is -0.464 e. The summed E-state index contributed by atoms with van der Waals surface area (Å²) in [6.45, 7) is 14.5. The first-order valence-electron chi connectivity index (χ1n) is 10.7. The molecular weight excluding hydrogens is 424 g/mol. The highest BCUT2D eigenvalue weighted by molar-refractivity contribution is 5.87. The molecule has 32 heavy (non-hydrogen) atoms. The molecule has 10 nitrogen and oxygen atoms in total. The lowest BCUT2D eigenvalue weighted by Gasteiger charge is -2.30. The topological polar surface area (TPSA) is 130 Å². The number of hydrogen-bond acceptors (Lipinski definition) is 10. The number of hydrogen-bond donors (Lipinski definition) is 2. The van der Waals surface area contributed by atoms with Crippen LogP contribution in [-0.2, 0) is 38.0 Å². The van der Waals surface area contributed by atoms with Crippen molar-refractivity contribution >= 4 is 11.9 Å². The predicted octanol–water partition coefficient (Wildman–Crippen LogP) is 1.46. The van der Waals surface area contributed by atoms with Crippen molar-refractivity contribution in [1.29, 1.82) is 0 Å². The molecule has 2 saturated heterocycles. The summed E-state index contributed by atoms with van der Waals surface area (Å²) in [6, 6.07) is 0. The van der Waals surface area contributed by atoms with E-state index in [-0.39, 0.29) is 25.3 Å². The number of aliphatic hydroxyl groups is 2. The molecule has 2 aliphatic rings. The Morgan fingerprint density at radius 2 is 1.59 bits per heavy atom. The van der Waals surface area contributed by atoms with Crippen molar-refractivity contribution in [2.24, 2.45) is 0 Å². The van der Waals surface area contributed by atoms with E-state index in [9.17, 15) is 19.8 Å². The van der Waals surface area contributed by atoms with Crippen LogP contribution in [-0.4, -0.2) is 84.1 Å². The molecule has 2 rings (SSSR count). The first kappa shape index (κ1) is 28.5. The molecule has 186 valence electrons. The van der Waals surface area contributed by atoms with Crippen LogP contribution in [0.25, 0.3) is 0 Å². The lowest BCUT2D eigenvalue weighted by atomic mass is 9.95. The fourth-order valence-electron chi connectivity index (χ4n) is 3.02. The van der Waals surface area contributed by atoms with E-state index in [4.69, 9.17) is 28.4 Å². The molecule has 0 spiro atoms. The Kier molecular flexibility index (Phi) is 10.3. The smallest absolute Gasteiger partial charge is 0.340 e. The molecule has 0 bridgehead atoms. The Morgan fingerprint density at radius 1 is 1.06 bits per heavy atom. The average Bonchev–Trinajstić information content (AvgIpc) is 3.22. The molecule has 0 aromatic heterocycles. The van der Waals surface area contributed by atoms with Gasteiger partial charge in [0.15, 0.2) is 17.2 Å². The maximum atomic E-state index is 11.5. The van der Waals surface area contributed by atoms with E-state index in [1.807, 2.05) is 13.8 Å². The molecule has 0 radical (unpaired) electrons. The van der Waals surface area contributed by atoms with Gasteiger partial charge in [-0.3, -0.25) is 0 Å². The second-order valence-corrected chi connectivity index (χ2v) is 8.62. The number of esters is 2. The third-order valence-electron chi connectivity index (χ3n) is 4.71. The normalized spacial score (nSPS) is 27.0. The molecule has 2 fully saturated rings. The number of ether oxygens (including phenoxy) is 6. The van der Waals surface area contributed by atoms with Gasteiger partial charge in [0.1, 0.15) is 18.3 Å². The van der Waals surface area contributed by atoms with Crippen LogP contribution in [0.2, 0.25) is 0 Å². The molecule has 0 amide bonds. The van der Waals surface area contributed by atoms with E-state index >= 15 is 0 Å². The standard InChI is InChI=1S/C11H20O6.C11H18O4/c1-5-15-9(13)11(4,14)8(12)7-6-16-10(2,3)17-7;1-5-13-10(12)8(2)6-9-7-14-11(3,4)15-9/h7-8,12,14H,5-6H2,1-4H3;6,9H,5,7H2,1-4H3/b;8-6+/t7?,8-,11+;/m1./s1. The van der Waals surface area contributed by atoms with Gasteiger partial charge >= 0.3 is 11.9 Å².